The first-order chi connectivity index (χ1) is 25.9. The van der Waals surface area contributed by atoms with E-state index in [0.717, 1.165) is 70.1 Å². The van der Waals surface area contributed by atoms with Gasteiger partial charge in [-0.1, -0.05) is 220 Å². The van der Waals surface area contributed by atoms with Gasteiger partial charge < -0.3 is 14.2 Å². The van der Waals surface area contributed by atoms with Gasteiger partial charge in [-0.25, -0.2) is 0 Å². The van der Waals surface area contributed by atoms with Gasteiger partial charge in [0.15, 0.2) is 6.10 Å². The SMILES string of the molecule is CCCCCCCCCCCC(=O)O[C@H](COC(=O)CCCCCCC)COC(=O)CCCCCCCCCCCCCCCCCCCCC(C)C. The number of carbonyl (C=O) groups is 3. The largest absolute Gasteiger partial charge is 0.462 e. The molecule has 0 aromatic carbocycles. The number of hydrogen-bond acceptors (Lipinski definition) is 6. The first-order valence-electron chi connectivity index (χ1n) is 23.4. The summed E-state index contributed by atoms with van der Waals surface area (Å²) in [4.78, 5) is 37.4. The molecule has 0 radical (unpaired) electrons. The van der Waals surface area contributed by atoms with Crippen molar-refractivity contribution < 1.29 is 28.6 Å². The van der Waals surface area contributed by atoms with Crippen LogP contribution in [-0.4, -0.2) is 37.2 Å². The quantitative estimate of drug-likeness (QED) is 0.0351. The van der Waals surface area contributed by atoms with E-state index in [2.05, 4.69) is 27.7 Å². The molecule has 0 N–H and O–H groups in total. The first-order valence-corrected chi connectivity index (χ1v) is 23.4. The second-order valence-electron chi connectivity index (χ2n) is 16.5. The molecule has 0 saturated carbocycles. The molecule has 0 bridgehead atoms. The number of rotatable bonds is 42. The Hall–Kier alpha value is -1.59. The van der Waals surface area contributed by atoms with Crippen LogP contribution in [0.2, 0.25) is 0 Å². The van der Waals surface area contributed by atoms with E-state index < -0.39 is 6.10 Å². The Morgan fingerprint density at radius 1 is 0.358 bits per heavy atom. The van der Waals surface area contributed by atoms with E-state index in [1.807, 2.05) is 0 Å². The van der Waals surface area contributed by atoms with Crippen LogP contribution in [0, 0.1) is 5.92 Å². The van der Waals surface area contributed by atoms with Crippen LogP contribution in [0.5, 0.6) is 0 Å². The molecule has 0 aliphatic carbocycles. The molecule has 0 heterocycles. The number of carbonyl (C=O) groups excluding carboxylic acids is 3. The number of hydrogen-bond donors (Lipinski definition) is 0. The monoisotopic (exact) mass is 751 g/mol. The van der Waals surface area contributed by atoms with Crippen LogP contribution >= 0.6 is 0 Å². The summed E-state index contributed by atoms with van der Waals surface area (Å²) in [5.41, 5.74) is 0. The fraction of sp³-hybridized carbons (Fsp3) is 0.936. The van der Waals surface area contributed by atoms with E-state index in [4.69, 9.17) is 14.2 Å². The van der Waals surface area contributed by atoms with E-state index in [1.165, 1.54) is 148 Å². The molecule has 0 unspecified atom stereocenters. The summed E-state index contributed by atoms with van der Waals surface area (Å²) >= 11 is 0. The number of ether oxygens (including phenoxy) is 3. The maximum atomic E-state index is 12.6. The van der Waals surface area contributed by atoms with E-state index in [0.29, 0.717) is 19.3 Å². The van der Waals surface area contributed by atoms with Gasteiger partial charge in [0.05, 0.1) is 0 Å². The van der Waals surface area contributed by atoms with Gasteiger partial charge in [-0.15, -0.1) is 0 Å². The third-order valence-corrected chi connectivity index (χ3v) is 10.5. The highest BCUT2D eigenvalue weighted by molar-refractivity contribution is 5.71. The lowest BCUT2D eigenvalue weighted by molar-refractivity contribution is -0.167. The minimum absolute atomic E-state index is 0.0647. The van der Waals surface area contributed by atoms with Gasteiger partial charge in [0.25, 0.3) is 0 Å². The Morgan fingerprint density at radius 3 is 0.925 bits per heavy atom. The summed E-state index contributed by atoms with van der Waals surface area (Å²) in [7, 11) is 0. The first kappa shape index (κ1) is 51.4. The smallest absolute Gasteiger partial charge is 0.306 e. The molecule has 0 amide bonds. The molecule has 0 fully saturated rings. The van der Waals surface area contributed by atoms with E-state index >= 15 is 0 Å². The van der Waals surface area contributed by atoms with Gasteiger partial charge in [-0.3, -0.25) is 14.4 Å². The molecule has 6 nitrogen and oxygen atoms in total. The number of esters is 3. The Labute approximate surface area is 329 Å². The van der Waals surface area contributed by atoms with Gasteiger partial charge >= 0.3 is 17.9 Å². The molecule has 6 heteroatoms. The summed E-state index contributed by atoms with van der Waals surface area (Å²) in [5, 5.41) is 0. The van der Waals surface area contributed by atoms with Crippen molar-refractivity contribution in [1.29, 1.82) is 0 Å². The van der Waals surface area contributed by atoms with E-state index in [1.54, 1.807) is 0 Å². The van der Waals surface area contributed by atoms with Crippen LogP contribution in [0.4, 0.5) is 0 Å². The van der Waals surface area contributed by atoms with Gasteiger partial charge in [-0.05, 0) is 25.2 Å². The zero-order chi connectivity index (χ0) is 38.9. The second kappa shape index (κ2) is 41.6. The van der Waals surface area contributed by atoms with Crippen molar-refractivity contribution >= 4 is 17.9 Å². The maximum absolute atomic E-state index is 12.6. The van der Waals surface area contributed by atoms with Gasteiger partial charge in [0.1, 0.15) is 13.2 Å². The normalized spacial score (nSPS) is 11.9. The van der Waals surface area contributed by atoms with Crippen molar-refractivity contribution in [3.8, 4) is 0 Å². The fourth-order valence-corrected chi connectivity index (χ4v) is 6.98. The van der Waals surface area contributed by atoms with Crippen molar-refractivity contribution in [3.63, 3.8) is 0 Å². The Morgan fingerprint density at radius 2 is 0.623 bits per heavy atom. The lowest BCUT2D eigenvalue weighted by Gasteiger charge is -2.18. The van der Waals surface area contributed by atoms with E-state index in [-0.39, 0.29) is 31.1 Å². The van der Waals surface area contributed by atoms with Gasteiger partial charge in [-0.2, -0.15) is 0 Å². The van der Waals surface area contributed by atoms with Crippen LogP contribution < -0.4 is 0 Å². The molecular weight excluding hydrogens is 661 g/mol. The highest BCUT2D eigenvalue weighted by atomic mass is 16.6. The molecule has 314 valence electrons. The van der Waals surface area contributed by atoms with Crippen molar-refractivity contribution in [2.24, 2.45) is 5.92 Å². The zero-order valence-electron chi connectivity index (χ0n) is 36.0. The standard InChI is InChI=1S/C47H90O6/c1-5-7-9-11-12-23-28-32-36-40-47(50)53-44(41-51-45(48)38-34-29-10-8-6-2)42-52-46(49)39-35-31-27-25-22-20-18-16-14-13-15-17-19-21-24-26-30-33-37-43(3)4/h43-44H,5-42H2,1-4H3/t44-/m1/s1. The Balaban J connectivity index is 4.02. The lowest BCUT2D eigenvalue weighted by atomic mass is 10.0. The minimum atomic E-state index is -0.756. The predicted octanol–water partition coefficient (Wildman–Crippen LogP) is 14.7. The summed E-state index contributed by atoms with van der Waals surface area (Å²) in [6, 6.07) is 0. The summed E-state index contributed by atoms with van der Waals surface area (Å²) in [5.74, 6) is -0.0110. The third-order valence-electron chi connectivity index (χ3n) is 10.5. The molecule has 0 rings (SSSR count). The highest BCUT2D eigenvalue weighted by Gasteiger charge is 2.19. The second-order valence-corrected chi connectivity index (χ2v) is 16.5. The molecular formula is C47H90O6. The average Bonchev–Trinajstić information content (AvgIpc) is 3.14. The van der Waals surface area contributed by atoms with Crippen molar-refractivity contribution in [2.45, 2.75) is 265 Å². The summed E-state index contributed by atoms with van der Waals surface area (Å²) < 4.78 is 16.6. The molecule has 0 aliphatic rings. The average molecular weight is 751 g/mol. The van der Waals surface area contributed by atoms with Crippen LogP contribution in [0.1, 0.15) is 259 Å². The molecule has 0 aromatic heterocycles. The number of unbranched alkanes of at least 4 members (excludes halogenated alkanes) is 29. The summed E-state index contributed by atoms with van der Waals surface area (Å²) in [6.07, 6.45) is 41.3. The van der Waals surface area contributed by atoms with Crippen LogP contribution in [0.15, 0.2) is 0 Å². The topological polar surface area (TPSA) is 78.9 Å². The zero-order valence-corrected chi connectivity index (χ0v) is 36.0. The van der Waals surface area contributed by atoms with Crippen LogP contribution in [0.25, 0.3) is 0 Å². The maximum Gasteiger partial charge on any atom is 0.306 e. The molecule has 0 spiro atoms. The minimum Gasteiger partial charge on any atom is -0.462 e. The Kier molecular flexibility index (Phi) is 40.3. The molecule has 53 heavy (non-hydrogen) atoms. The van der Waals surface area contributed by atoms with Gasteiger partial charge in [0, 0.05) is 19.3 Å². The lowest BCUT2D eigenvalue weighted by Crippen LogP contribution is -2.30. The van der Waals surface area contributed by atoms with Crippen LogP contribution in [-0.2, 0) is 28.6 Å². The molecule has 0 aliphatic heterocycles. The van der Waals surface area contributed by atoms with Crippen molar-refractivity contribution in [3.05, 3.63) is 0 Å². The molecule has 0 aromatic rings. The van der Waals surface area contributed by atoms with Crippen molar-refractivity contribution in [1.82, 2.24) is 0 Å². The van der Waals surface area contributed by atoms with Gasteiger partial charge in [0.2, 0.25) is 0 Å². The third kappa shape index (κ3) is 41.4. The fourth-order valence-electron chi connectivity index (χ4n) is 6.98. The van der Waals surface area contributed by atoms with E-state index in [9.17, 15) is 14.4 Å². The molecule has 1 atom stereocenters. The predicted molar refractivity (Wildman–Crippen MR) is 224 cm³/mol. The Bertz CT molecular complexity index is 796. The van der Waals surface area contributed by atoms with Crippen molar-refractivity contribution in [2.75, 3.05) is 13.2 Å². The highest BCUT2D eigenvalue weighted by Crippen LogP contribution is 2.17. The van der Waals surface area contributed by atoms with Crippen LogP contribution in [0.3, 0.4) is 0 Å². The molecule has 0 saturated heterocycles. The summed E-state index contributed by atoms with van der Waals surface area (Å²) in [6.45, 7) is 8.92.